The number of amides is 1. The van der Waals surface area contributed by atoms with Gasteiger partial charge in [-0.05, 0) is 57.9 Å². The largest absolute Gasteiger partial charge is 0.389 e. The molecule has 0 unspecified atom stereocenters. The highest BCUT2D eigenvalue weighted by molar-refractivity contribution is 9.10. The molecule has 5 heteroatoms. The van der Waals surface area contributed by atoms with Gasteiger partial charge in [0.15, 0.2) is 0 Å². The van der Waals surface area contributed by atoms with Crippen molar-refractivity contribution in [3.63, 3.8) is 0 Å². The SMILES string of the molecule is CCN(CC(C)(C)O)C(=O)CSc1cc(C)c(Br)cc1C. The van der Waals surface area contributed by atoms with Crippen LogP contribution in [0.25, 0.3) is 0 Å². The van der Waals surface area contributed by atoms with Gasteiger partial charge in [-0.25, -0.2) is 0 Å². The van der Waals surface area contributed by atoms with E-state index in [1.165, 1.54) is 5.56 Å². The van der Waals surface area contributed by atoms with Crippen LogP contribution in [-0.4, -0.2) is 40.4 Å². The summed E-state index contributed by atoms with van der Waals surface area (Å²) in [4.78, 5) is 15.1. The number of halogens is 1. The van der Waals surface area contributed by atoms with Crippen LogP contribution in [0.15, 0.2) is 21.5 Å². The molecule has 0 bridgehead atoms. The number of rotatable bonds is 6. The lowest BCUT2D eigenvalue weighted by molar-refractivity contribution is -0.131. The van der Waals surface area contributed by atoms with Crippen LogP contribution in [0.1, 0.15) is 31.9 Å². The van der Waals surface area contributed by atoms with E-state index >= 15 is 0 Å². The molecule has 0 radical (unpaired) electrons. The summed E-state index contributed by atoms with van der Waals surface area (Å²) in [7, 11) is 0. The van der Waals surface area contributed by atoms with Gasteiger partial charge in [0.25, 0.3) is 0 Å². The Balaban J connectivity index is 2.70. The van der Waals surface area contributed by atoms with E-state index in [9.17, 15) is 9.90 Å². The lowest BCUT2D eigenvalue weighted by Gasteiger charge is -2.28. The summed E-state index contributed by atoms with van der Waals surface area (Å²) in [5.74, 6) is 0.454. The summed E-state index contributed by atoms with van der Waals surface area (Å²) in [5, 5.41) is 9.86. The second kappa shape index (κ2) is 7.65. The number of carbonyl (C=O) groups excluding carboxylic acids is 1. The third kappa shape index (κ3) is 6.01. The van der Waals surface area contributed by atoms with Crippen molar-refractivity contribution in [3.05, 3.63) is 27.7 Å². The predicted molar refractivity (Wildman–Crippen MR) is 92.9 cm³/mol. The molecule has 0 fully saturated rings. The van der Waals surface area contributed by atoms with Crippen molar-refractivity contribution in [2.75, 3.05) is 18.8 Å². The maximum Gasteiger partial charge on any atom is 0.233 e. The molecule has 3 nitrogen and oxygen atoms in total. The molecule has 0 atom stereocenters. The third-order valence-electron chi connectivity index (χ3n) is 3.12. The summed E-state index contributed by atoms with van der Waals surface area (Å²) in [5.41, 5.74) is 1.47. The Morgan fingerprint density at radius 1 is 1.33 bits per heavy atom. The molecule has 0 saturated heterocycles. The van der Waals surface area contributed by atoms with Crippen molar-refractivity contribution in [3.8, 4) is 0 Å². The third-order valence-corrected chi connectivity index (χ3v) is 5.12. The highest BCUT2D eigenvalue weighted by atomic mass is 79.9. The Morgan fingerprint density at radius 2 is 1.95 bits per heavy atom. The van der Waals surface area contributed by atoms with Crippen LogP contribution in [-0.2, 0) is 4.79 Å². The van der Waals surface area contributed by atoms with Gasteiger partial charge >= 0.3 is 0 Å². The molecule has 118 valence electrons. The van der Waals surface area contributed by atoms with Crippen LogP contribution < -0.4 is 0 Å². The minimum atomic E-state index is -0.861. The van der Waals surface area contributed by atoms with Crippen molar-refractivity contribution in [1.82, 2.24) is 4.90 Å². The lowest BCUT2D eigenvalue weighted by Crippen LogP contribution is -2.42. The van der Waals surface area contributed by atoms with Gasteiger partial charge in [0.05, 0.1) is 11.4 Å². The first-order valence-electron chi connectivity index (χ1n) is 7.03. The predicted octanol–water partition coefficient (Wildman–Crippen LogP) is 3.78. The lowest BCUT2D eigenvalue weighted by atomic mass is 10.1. The molecule has 0 aliphatic carbocycles. The molecular formula is C16H24BrNO2S. The Kier molecular flexibility index (Phi) is 6.75. The molecule has 21 heavy (non-hydrogen) atoms. The van der Waals surface area contributed by atoms with Crippen LogP contribution in [0.3, 0.4) is 0 Å². The zero-order valence-corrected chi connectivity index (χ0v) is 15.8. The maximum absolute atomic E-state index is 12.3. The fourth-order valence-corrected chi connectivity index (χ4v) is 3.45. The van der Waals surface area contributed by atoms with Gasteiger partial charge in [0.2, 0.25) is 5.91 Å². The number of aliphatic hydroxyl groups is 1. The number of thioether (sulfide) groups is 1. The Hall–Kier alpha value is -0.520. The number of hydrogen-bond donors (Lipinski definition) is 1. The van der Waals surface area contributed by atoms with Crippen LogP contribution in [0.2, 0.25) is 0 Å². The van der Waals surface area contributed by atoms with Crippen LogP contribution >= 0.6 is 27.7 Å². The van der Waals surface area contributed by atoms with E-state index < -0.39 is 5.60 Å². The number of aryl methyl sites for hydroxylation is 2. The molecule has 0 heterocycles. The van der Waals surface area contributed by atoms with Crippen molar-refractivity contribution in [1.29, 1.82) is 0 Å². The van der Waals surface area contributed by atoms with Crippen LogP contribution in [0, 0.1) is 13.8 Å². The van der Waals surface area contributed by atoms with E-state index in [1.807, 2.05) is 20.8 Å². The van der Waals surface area contributed by atoms with Crippen molar-refractivity contribution >= 4 is 33.6 Å². The van der Waals surface area contributed by atoms with E-state index in [2.05, 4.69) is 28.1 Å². The number of hydrogen-bond acceptors (Lipinski definition) is 3. The molecule has 0 spiro atoms. The number of nitrogens with zero attached hydrogens (tertiary/aromatic N) is 1. The van der Waals surface area contributed by atoms with Gasteiger partial charge in [-0.3, -0.25) is 4.79 Å². The minimum absolute atomic E-state index is 0.0598. The molecule has 1 N–H and O–H groups in total. The quantitative estimate of drug-likeness (QED) is 0.771. The molecule has 1 aromatic carbocycles. The highest BCUT2D eigenvalue weighted by Crippen LogP contribution is 2.28. The maximum atomic E-state index is 12.3. The number of carbonyl (C=O) groups is 1. The summed E-state index contributed by atoms with van der Waals surface area (Å²) in [6, 6.07) is 4.18. The van der Waals surface area contributed by atoms with Gasteiger partial charge in [-0.2, -0.15) is 0 Å². The van der Waals surface area contributed by atoms with E-state index in [1.54, 1.807) is 30.5 Å². The number of benzene rings is 1. The van der Waals surface area contributed by atoms with Crippen LogP contribution in [0.5, 0.6) is 0 Å². The summed E-state index contributed by atoms with van der Waals surface area (Å²) < 4.78 is 1.09. The molecule has 0 aromatic heterocycles. The molecule has 0 aliphatic heterocycles. The first-order chi connectivity index (χ1) is 9.64. The molecule has 0 aliphatic rings. The monoisotopic (exact) mass is 373 g/mol. The van der Waals surface area contributed by atoms with E-state index in [-0.39, 0.29) is 5.91 Å². The Morgan fingerprint density at radius 3 is 2.48 bits per heavy atom. The van der Waals surface area contributed by atoms with Gasteiger partial charge in [-0.15, -0.1) is 11.8 Å². The Bertz CT molecular complexity index is 512. The van der Waals surface area contributed by atoms with E-state index in [0.717, 1.165) is 14.9 Å². The summed E-state index contributed by atoms with van der Waals surface area (Å²) in [6.07, 6.45) is 0. The minimum Gasteiger partial charge on any atom is -0.389 e. The molecular weight excluding hydrogens is 350 g/mol. The first kappa shape index (κ1) is 18.5. The Labute approximate surface area is 140 Å². The van der Waals surface area contributed by atoms with Crippen molar-refractivity contribution in [2.24, 2.45) is 0 Å². The average Bonchev–Trinajstić information content (AvgIpc) is 2.37. The van der Waals surface area contributed by atoms with Gasteiger partial charge in [0.1, 0.15) is 0 Å². The smallest absolute Gasteiger partial charge is 0.233 e. The molecule has 0 saturated carbocycles. The second-order valence-electron chi connectivity index (χ2n) is 5.88. The normalized spacial score (nSPS) is 11.6. The van der Waals surface area contributed by atoms with Crippen molar-refractivity contribution < 1.29 is 9.90 Å². The zero-order chi connectivity index (χ0) is 16.2. The van der Waals surface area contributed by atoms with E-state index in [4.69, 9.17) is 0 Å². The fraction of sp³-hybridized carbons (Fsp3) is 0.562. The second-order valence-corrected chi connectivity index (χ2v) is 7.75. The standard InChI is InChI=1S/C16H24BrNO2S/c1-6-18(10-16(4,5)20)15(19)9-21-14-8-11(2)13(17)7-12(14)3/h7-8,20H,6,9-10H2,1-5H3. The number of likely N-dealkylation sites (N-methyl/N-ethyl adjacent to an activating group) is 1. The fourth-order valence-electron chi connectivity index (χ4n) is 1.98. The van der Waals surface area contributed by atoms with Gasteiger partial charge in [0, 0.05) is 22.5 Å². The van der Waals surface area contributed by atoms with Gasteiger partial charge in [-0.1, -0.05) is 15.9 Å². The summed E-state index contributed by atoms with van der Waals surface area (Å²) in [6.45, 7) is 10.4. The zero-order valence-electron chi connectivity index (χ0n) is 13.4. The van der Waals surface area contributed by atoms with Crippen molar-refractivity contribution in [2.45, 2.75) is 45.1 Å². The van der Waals surface area contributed by atoms with E-state index in [0.29, 0.717) is 18.8 Å². The highest BCUT2D eigenvalue weighted by Gasteiger charge is 2.21. The van der Waals surface area contributed by atoms with Crippen LogP contribution in [0.4, 0.5) is 0 Å². The molecule has 1 aromatic rings. The summed E-state index contributed by atoms with van der Waals surface area (Å²) >= 11 is 5.07. The topological polar surface area (TPSA) is 40.5 Å². The first-order valence-corrected chi connectivity index (χ1v) is 8.81. The molecule has 1 amide bonds. The van der Waals surface area contributed by atoms with Gasteiger partial charge < -0.3 is 10.0 Å². The molecule has 1 rings (SSSR count). The average molecular weight is 374 g/mol.